The Morgan fingerprint density at radius 2 is 2.00 bits per heavy atom. The summed E-state index contributed by atoms with van der Waals surface area (Å²) in [6.45, 7) is 0. The Hall–Kier alpha value is -0.220. The molecule has 24 heavy (non-hydrogen) atoms. The van der Waals surface area contributed by atoms with Gasteiger partial charge in [-0.15, -0.1) is 21.5 Å². The van der Waals surface area contributed by atoms with E-state index in [0.717, 1.165) is 23.7 Å². The molecule has 1 fully saturated rings. The maximum atomic E-state index is 4.54. The molecule has 0 bridgehead atoms. The molecule has 126 valence electrons. The smallest absolute Gasteiger partial charge is 0.198 e. The lowest BCUT2D eigenvalue weighted by Crippen LogP contribution is -2.14. The minimum atomic E-state index is 0.486. The molecule has 0 amide bonds. The number of thiazole rings is 1. The highest BCUT2D eigenvalue weighted by Crippen LogP contribution is 2.41. The Kier molecular flexibility index (Phi) is 5.43. The van der Waals surface area contributed by atoms with E-state index < -0.39 is 0 Å². The molecular formula is C15H14Br2N4S3. The molecule has 4 nitrogen and oxygen atoms in total. The van der Waals surface area contributed by atoms with Crippen LogP contribution in [0.3, 0.4) is 0 Å². The van der Waals surface area contributed by atoms with Crippen molar-refractivity contribution in [2.24, 2.45) is 0 Å². The van der Waals surface area contributed by atoms with Gasteiger partial charge in [0.25, 0.3) is 0 Å². The predicted octanol–water partition coefficient (Wildman–Crippen LogP) is 6.64. The normalized spacial score (nSPS) is 15.9. The quantitative estimate of drug-likeness (QED) is 0.398. The van der Waals surface area contributed by atoms with Crippen molar-refractivity contribution >= 4 is 66.3 Å². The van der Waals surface area contributed by atoms with Crippen molar-refractivity contribution in [3.63, 3.8) is 0 Å². The van der Waals surface area contributed by atoms with Crippen LogP contribution in [0, 0.1) is 0 Å². The lowest BCUT2D eigenvalue weighted by molar-refractivity contribution is 0.339. The molecular weight excluding hydrogens is 492 g/mol. The van der Waals surface area contributed by atoms with E-state index in [4.69, 9.17) is 0 Å². The van der Waals surface area contributed by atoms with Gasteiger partial charge in [0, 0.05) is 6.04 Å². The van der Waals surface area contributed by atoms with Crippen LogP contribution in [0.4, 0.5) is 0 Å². The van der Waals surface area contributed by atoms with Gasteiger partial charge in [0.2, 0.25) is 0 Å². The molecule has 0 saturated heterocycles. The molecule has 1 saturated carbocycles. The average Bonchev–Trinajstić information content (AvgIpc) is 3.30. The number of rotatable bonds is 4. The van der Waals surface area contributed by atoms with Crippen LogP contribution in [-0.2, 0) is 0 Å². The molecule has 9 heteroatoms. The van der Waals surface area contributed by atoms with Gasteiger partial charge in [-0.3, -0.25) is 4.57 Å². The Morgan fingerprint density at radius 3 is 2.67 bits per heavy atom. The molecule has 3 heterocycles. The minimum absolute atomic E-state index is 0.486. The highest BCUT2D eigenvalue weighted by Gasteiger charge is 2.25. The topological polar surface area (TPSA) is 43.6 Å². The standard InChI is InChI=1S/C15H14Br2N4S3/c16-11-12(17)23-15(18-11)24-14-20-19-13(10-7-4-8-22-10)21(14)9-5-2-1-3-6-9/h4,7-9H,1-3,5-6H2. The molecule has 1 aliphatic rings. The fourth-order valence-corrected chi connectivity index (χ4v) is 6.98. The first-order valence-corrected chi connectivity index (χ1v) is 11.8. The molecule has 3 aromatic rings. The summed E-state index contributed by atoms with van der Waals surface area (Å²) in [4.78, 5) is 5.72. The van der Waals surface area contributed by atoms with Crippen LogP contribution >= 0.6 is 66.3 Å². The maximum Gasteiger partial charge on any atom is 0.198 e. The van der Waals surface area contributed by atoms with Gasteiger partial charge in [0.1, 0.15) is 8.39 Å². The zero-order valence-electron chi connectivity index (χ0n) is 12.6. The highest BCUT2D eigenvalue weighted by molar-refractivity contribution is 9.13. The summed E-state index contributed by atoms with van der Waals surface area (Å²) in [6.07, 6.45) is 6.31. The first-order valence-electron chi connectivity index (χ1n) is 7.71. The summed E-state index contributed by atoms with van der Waals surface area (Å²) < 4.78 is 5.17. The molecule has 3 aromatic heterocycles. The molecule has 0 N–H and O–H groups in total. The first kappa shape index (κ1) is 17.2. The second kappa shape index (κ2) is 7.57. The van der Waals surface area contributed by atoms with Gasteiger partial charge in [-0.05, 0) is 67.9 Å². The molecule has 0 unspecified atom stereocenters. The van der Waals surface area contributed by atoms with E-state index in [9.17, 15) is 0 Å². The average molecular weight is 506 g/mol. The van der Waals surface area contributed by atoms with E-state index in [1.54, 1.807) is 34.4 Å². The third-order valence-corrected chi connectivity index (χ3v) is 9.01. The van der Waals surface area contributed by atoms with Crippen LogP contribution in [0.2, 0.25) is 0 Å². The van der Waals surface area contributed by atoms with Crippen LogP contribution in [0.1, 0.15) is 38.1 Å². The molecule has 0 atom stereocenters. The third-order valence-electron chi connectivity index (χ3n) is 4.05. The van der Waals surface area contributed by atoms with E-state index in [1.807, 2.05) is 0 Å². The molecule has 0 spiro atoms. The fraction of sp³-hybridized carbons (Fsp3) is 0.400. The highest BCUT2D eigenvalue weighted by atomic mass is 79.9. The van der Waals surface area contributed by atoms with Crippen LogP contribution < -0.4 is 0 Å². The van der Waals surface area contributed by atoms with Crippen molar-refractivity contribution in [1.82, 2.24) is 19.7 Å². The van der Waals surface area contributed by atoms with Crippen molar-refractivity contribution in [3.05, 3.63) is 25.9 Å². The van der Waals surface area contributed by atoms with Crippen LogP contribution in [0.5, 0.6) is 0 Å². The number of thiophene rings is 1. The van der Waals surface area contributed by atoms with Gasteiger partial charge >= 0.3 is 0 Å². The zero-order valence-corrected chi connectivity index (χ0v) is 18.2. The van der Waals surface area contributed by atoms with Gasteiger partial charge < -0.3 is 0 Å². The molecule has 1 aliphatic carbocycles. The SMILES string of the molecule is Brc1nc(Sc2nnc(-c3cccs3)n2C2CCCCC2)sc1Br. The summed E-state index contributed by atoms with van der Waals surface area (Å²) in [5.41, 5.74) is 0. The summed E-state index contributed by atoms with van der Waals surface area (Å²) in [5, 5.41) is 12.1. The molecule has 0 radical (unpaired) electrons. The van der Waals surface area contributed by atoms with Crippen molar-refractivity contribution in [2.75, 3.05) is 0 Å². The lowest BCUT2D eigenvalue weighted by Gasteiger charge is -2.25. The summed E-state index contributed by atoms with van der Waals surface area (Å²) >= 11 is 11.9. The van der Waals surface area contributed by atoms with Gasteiger partial charge in [0.15, 0.2) is 15.3 Å². The van der Waals surface area contributed by atoms with Gasteiger partial charge in [-0.2, -0.15) is 0 Å². The van der Waals surface area contributed by atoms with E-state index in [-0.39, 0.29) is 0 Å². The van der Waals surface area contributed by atoms with Crippen molar-refractivity contribution in [2.45, 2.75) is 47.6 Å². The van der Waals surface area contributed by atoms with Gasteiger partial charge in [-0.1, -0.05) is 36.7 Å². The summed E-state index contributed by atoms with van der Waals surface area (Å²) in [7, 11) is 0. The largest absolute Gasteiger partial charge is 0.298 e. The monoisotopic (exact) mass is 504 g/mol. The van der Waals surface area contributed by atoms with Crippen molar-refractivity contribution in [1.29, 1.82) is 0 Å². The zero-order chi connectivity index (χ0) is 16.5. The van der Waals surface area contributed by atoms with E-state index >= 15 is 0 Å². The molecule has 0 aromatic carbocycles. The number of aromatic nitrogens is 4. The maximum absolute atomic E-state index is 4.54. The predicted molar refractivity (Wildman–Crippen MR) is 107 cm³/mol. The van der Waals surface area contributed by atoms with E-state index in [1.165, 1.54) is 37.0 Å². The Labute approximate surface area is 169 Å². The lowest BCUT2D eigenvalue weighted by atomic mass is 9.95. The summed E-state index contributed by atoms with van der Waals surface area (Å²) in [5.74, 6) is 0.995. The van der Waals surface area contributed by atoms with E-state index in [0.29, 0.717) is 6.04 Å². The number of halogens is 2. The second-order valence-electron chi connectivity index (χ2n) is 5.59. The molecule has 0 aliphatic heterocycles. The Bertz CT molecular complexity index is 803. The van der Waals surface area contributed by atoms with Crippen molar-refractivity contribution < 1.29 is 0 Å². The summed E-state index contributed by atoms with van der Waals surface area (Å²) in [6, 6.07) is 4.68. The van der Waals surface area contributed by atoms with Gasteiger partial charge in [-0.25, -0.2) is 4.98 Å². The fourth-order valence-electron chi connectivity index (χ4n) is 2.98. The molecule has 4 rings (SSSR count). The third kappa shape index (κ3) is 3.51. The first-order chi connectivity index (χ1) is 11.7. The second-order valence-corrected chi connectivity index (χ2v) is 10.8. The minimum Gasteiger partial charge on any atom is -0.298 e. The number of hydrogen-bond donors (Lipinski definition) is 0. The van der Waals surface area contributed by atoms with Crippen LogP contribution in [0.25, 0.3) is 10.7 Å². The Morgan fingerprint density at radius 1 is 1.17 bits per heavy atom. The van der Waals surface area contributed by atoms with Crippen LogP contribution in [0.15, 0.2) is 35.4 Å². The Balaban J connectivity index is 1.72. The van der Waals surface area contributed by atoms with Gasteiger partial charge in [0.05, 0.1) is 4.88 Å². The van der Waals surface area contributed by atoms with E-state index in [2.05, 4.69) is 69.1 Å². The van der Waals surface area contributed by atoms with Crippen molar-refractivity contribution in [3.8, 4) is 10.7 Å². The number of nitrogens with zero attached hydrogens (tertiary/aromatic N) is 4. The number of hydrogen-bond acceptors (Lipinski definition) is 6. The van der Waals surface area contributed by atoms with Crippen LogP contribution in [-0.4, -0.2) is 19.7 Å².